The molecule has 1 aromatic rings. The van der Waals surface area contributed by atoms with Gasteiger partial charge >= 0.3 is 12.1 Å². The van der Waals surface area contributed by atoms with Gasteiger partial charge in [-0.3, -0.25) is 4.79 Å². The molecule has 0 bridgehead atoms. The number of rotatable bonds is 4. The van der Waals surface area contributed by atoms with E-state index >= 15 is 0 Å². The second-order valence-electron chi connectivity index (χ2n) is 3.12. The second kappa shape index (κ2) is 5.37. The van der Waals surface area contributed by atoms with Crippen molar-refractivity contribution < 1.29 is 18.0 Å². The highest BCUT2D eigenvalue weighted by Gasteiger charge is 2.38. The number of halogens is 3. The van der Waals surface area contributed by atoms with Crippen LogP contribution in [0, 0.1) is 0 Å². The van der Waals surface area contributed by atoms with Crippen LogP contribution in [0.15, 0.2) is 18.3 Å². The molecular formula is C9H11F3N4O. The Labute approximate surface area is 95.2 Å². The van der Waals surface area contributed by atoms with Gasteiger partial charge in [-0.1, -0.05) is 0 Å². The van der Waals surface area contributed by atoms with E-state index < -0.39 is 12.1 Å². The first-order valence-corrected chi connectivity index (χ1v) is 4.70. The lowest BCUT2D eigenvalue weighted by Crippen LogP contribution is -2.39. The minimum atomic E-state index is -4.86. The molecule has 0 atom stereocenters. The molecule has 0 spiro atoms. The summed E-state index contributed by atoms with van der Waals surface area (Å²) in [5, 5.41) is 4.42. The Morgan fingerprint density at radius 2 is 2.12 bits per heavy atom. The van der Waals surface area contributed by atoms with Gasteiger partial charge in [-0.25, -0.2) is 4.98 Å². The third-order valence-electron chi connectivity index (χ3n) is 1.80. The molecule has 0 aliphatic heterocycles. The number of nitrogens with two attached hydrogens (primary N) is 1. The SMILES string of the molecule is Nc1cccnc1NCCNC(=O)C(F)(F)F. The molecule has 0 radical (unpaired) electrons. The van der Waals surface area contributed by atoms with Gasteiger partial charge in [-0.15, -0.1) is 0 Å². The summed E-state index contributed by atoms with van der Waals surface area (Å²) in [5.74, 6) is -1.60. The van der Waals surface area contributed by atoms with E-state index in [-0.39, 0.29) is 13.1 Å². The maximum Gasteiger partial charge on any atom is 0.471 e. The Bertz CT molecular complexity index is 394. The number of anilines is 2. The average Bonchev–Trinajstić information content (AvgIpc) is 2.25. The Hall–Kier alpha value is -1.99. The van der Waals surface area contributed by atoms with Crippen LogP contribution >= 0.6 is 0 Å². The first kappa shape index (κ1) is 13.1. The molecule has 0 saturated carbocycles. The summed E-state index contributed by atoms with van der Waals surface area (Å²) in [6.07, 6.45) is -3.36. The lowest BCUT2D eigenvalue weighted by Gasteiger charge is -2.10. The molecule has 8 heteroatoms. The van der Waals surface area contributed by atoms with E-state index in [1.54, 1.807) is 17.4 Å². The van der Waals surface area contributed by atoms with Gasteiger partial charge < -0.3 is 16.4 Å². The summed E-state index contributed by atoms with van der Waals surface area (Å²) in [5.41, 5.74) is 5.92. The fourth-order valence-electron chi connectivity index (χ4n) is 1.02. The maximum atomic E-state index is 11.8. The number of pyridine rings is 1. The smallest absolute Gasteiger partial charge is 0.396 e. The second-order valence-corrected chi connectivity index (χ2v) is 3.12. The third kappa shape index (κ3) is 4.17. The van der Waals surface area contributed by atoms with Gasteiger partial charge in [0.25, 0.3) is 0 Å². The van der Waals surface area contributed by atoms with Crippen molar-refractivity contribution in [1.29, 1.82) is 0 Å². The molecule has 0 fully saturated rings. The minimum Gasteiger partial charge on any atom is -0.396 e. The number of carbonyl (C=O) groups is 1. The van der Waals surface area contributed by atoms with E-state index in [1.807, 2.05) is 0 Å². The molecule has 1 amide bonds. The predicted molar refractivity (Wildman–Crippen MR) is 56.2 cm³/mol. The first-order valence-electron chi connectivity index (χ1n) is 4.70. The zero-order chi connectivity index (χ0) is 12.9. The third-order valence-corrected chi connectivity index (χ3v) is 1.80. The molecule has 1 heterocycles. The molecule has 0 saturated heterocycles. The standard InChI is InChI=1S/C9H11F3N4O/c10-9(11,12)8(17)16-5-4-15-7-6(13)2-1-3-14-7/h1-3H,4-5,13H2,(H,14,15)(H,16,17). The minimum absolute atomic E-state index is 0.100. The number of carbonyl (C=O) groups excluding carboxylic acids is 1. The molecule has 5 nitrogen and oxygen atoms in total. The van der Waals surface area contributed by atoms with Crippen LogP contribution in [0.3, 0.4) is 0 Å². The number of aromatic nitrogens is 1. The van der Waals surface area contributed by atoms with E-state index in [4.69, 9.17) is 5.73 Å². The van der Waals surface area contributed by atoms with Crippen LogP contribution in [-0.4, -0.2) is 30.2 Å². The summed E-state index contributed by atoms with van der Waals surface area (Å²) >= 11 is 0. The predicted octanol–water partition coefficient (Wildman–Crippen LogP) is 0.754. The molecular weight excluding hydrogens is 237 g/mol. The van der Waals surface area contributed by atoms with E-state index in [0.717, 1.165) is 0 Å². The number of alkyl halides is 3. The highest BCUT2D eigenvalue weighted by atomic mass is 19.4. The van der Waals surface area contributed by atoms with Crippen LogP contribution in [0.5, 0.6) is 0 Å². The van der Waals surface area contributed by atoms with E-state index in [9.17, 15) is 18.0 Å². The Balaban J connectivity index is 2.30. The fourth-order valence-corrected chi connectivity index (χ4v) is 1.02. The molecule has 1 rings (SSSR count). The van der Waals surface area contributed by atoms with E-state index in [0.29, 0.717) is 11.5 Å². The number of nitrogen functional groups attached to an aromatic ring is 1. The topological polar surface area (TPSA) is 80.0 Å². The van der Waals surface area contributed by atoms with Gasteiger partial charge in [0.1, 0.15) is 5.82 Å². The summed E-state index contributed by atoms with van der Waals surface area (Å²) in [4.78, 5) is 14.3. The van der Waals surface area contributed by atoms with E-state index in [1.165, 1.54) is 6.20 Å². The molecule has 17 heavy (non-hydrogen) atoms. The number of nitrogens with one attached hydrogen (secondary N) is 2. The van der Waals surface area contributed by atoms with Gasteiger partial charge in [0.05, 0.1) is 5.69 Å². The van der Waals surface area contributed by atoms with Crippen molar-refractivity contribution in [3.8, 4) is 0 Å². The normalized spacial score (nSPS) is 11.0. The molecule has 94 valence electrons. The van der Waals surface area contributed by atoms with Gasteiger partial charge in [-0.05, 0) is 12.1 Å². The zero-order valence-corrected chi connectivity index (χ0v) is 8.71. The lowest BCUT2D eigenvalue weighted by molar-refractivity contribution is -0.173. The van der Waals surface area contributed by atoms with Crippen LogP contribution < -0.4 is 16.4 Å². The van der Waals surface area contributed by atoms with Crippen LogP contribution in [-0.2, 0) is 4.79 Å². The van der Waals surface area contributed by atoms with Crippen LogP contribution in [0.2, 0.25) is 0 Å². The highest BCUT2D eigenvalue weighted by Crippen LogP contribution is 2.14. The highest BCUT2D eigenvalue weighted by molar-refractivity contribution is 5.81. The number of nitrogens with zero attached hydrogens (tertiary/aromatic N) is 1. The maximum absolute atomic E-state index is 11.8. The van der Waals surface area contributed by atoms with Gasteiger partial charge in [0.15, 0.2) is 0 Å². The van der Waals surface area contributed by atoms with Gasteiger partial charge in [-0.2, -0.15) is 13.2 Å². The summed E-state index contributed by atoms with van der Waals surface area (Å²) in [6, 6.07) is 3.23. The Morgan fingerprint density at radius 1 is 1.41 bits per heavy atom. The van der Waals surface area contributed by atoms with E-state index in [2.05, 4.69) is 10.3 Å². The monoisotopic (exact) mass is 248 g/mol. The van der Waals surface area contributed by atoms with Crippen LogP contribution in [0.25, 0.3) is 0 Å². The number of hydrogen-bond donors (Lipinski definition) is 3. The number of amides is 1. The van der Waals surface area contributed by atoms with Crippen molar-refractivity contribution in [2.75, 3.05) is 24.1 Å². The van der Waals surface area contributed by atoms with Crippen molar-refractivity contribution in [1.82, 2.24) is 10.3 Å². The Morgan fingerprint density at radius 3 is 2.71 bits per heavy atom. The van der Waals surface area contributed by atoms with Crippen LogP contribution in [0.1, 0.15) is 0 Å². The van der Waals surface area contributed by atoms with Crippen molar-refractivity contribution in [3.63, 3.8) is 0 Å². The number of hydrogen-bond acceptors (Lipinski definition) is 4. The zero-order valence-electron chi connectivity index (χ0n) is 8.71. The quantitative estimate of drug-likeness (QED) is 0.687. The first-order chi connectivity index (χ1) is 7.91. The Kier molecular flexibility index (Phi) is 4.13. The molecule has 0 aliphatic carbocycles. The van der Waals surface area contributed by atoms with Crippen LogP contribution in [0.4, 0.5) is 24.7 Å². The molecule has 0 aromatic carbocycles. The molecule has 4 N–H and O–H groups in total. The molecule has 0 unspecified atom stereocenters. The van der Waals surface area contributed by atoms with Gasteiger partial charge in [0.2, 0.25) is 0 Å². The molecule has 1 aromatic heterocycles. The fraction of sp³-hybridized carbons (Fsp3) is 0.333. The van der Waals surface area contributed by atoms with Crippen molar-refractivity contribution >= 4 is 17.4 Å². The van der Waals surface area contributed by atoms with Crippen molar-refractivity contribution in [3.05, 3.63) is 18.3 Å². The summed E-state index contributed by atoms with van der Waals surface area (Å²) in [6.45, 7) is -0.0720. The van der Waals surface area contributed by atoms with Crippen molar-refractivity contribution in [2.45, 2.75) is 6.18 Å². The largest absolute Gasteiger partial charge is 0.471 e. The summed E-state index contributed by atoms with van der Waals surface area (Å²) in [7, 11) is 0. The summed E-state index contributed by atoms with van der Waals surface area (Å²) < 4.78 is 35.4. The van der Waals surface area contributed by atoms with Gasteiger partial charge in [0, 0.05) is 19.3 Å². The van der Waals surface area contributed by atoms with Crippen molar-refractivity contribution in [2.24, 2.45) is 0 Å². The molecule has 0 aliphatic rings. The lowest BCUT2D eigenvalue weighted by atomic mass is 10.4. The average molecular weight is 248 g/mol.